The highest BCUT2D eigenvalue weighted by molar-refractivity contribution is 9.10. The first kappa shape index (κ1) is 32.8. The first-order valence-electron chi connectivity index (χ1n) is 13.1. The van der Waals surface area contributed by atoms with E-state index in [1.165, 1.54) is 0 Å². The molecule has 5 N–H and O–H groups in total. The molecule has 0 saturated carbocycles. The van der Waals surface area contributed by atoms with Gasteiger partial charge in [-0.2, -0.15) is 10.2 Å². The van der Waals surface area contributed by atoms with E-state index in [-0.39, 0.29) is 31.9 Å². The summed E-state index contributed by atoms with van der Waals surface area (Å²) in [6.45, 7) is 8.40. The Balaban J connectivity index is 0.000000228. The number of carbonyl (C=O) groups is 3. The minimum Gasteiger partial charge on any atom is -0.464 e. The molecule has 0 spiro atoms. The minimum atomic E-state index is -0.791. The van der Waals surface area contributed by atoms with Gasteiger partial charge in [-0.05, 0) is 64.8 Å². The lowest BCUT2D eigenvalue weighted by Crippen LogP contribution is -2.64. The van der Waals surface area contributed by atoms with Gasteiger partial charge in [0, 0.05) is 13.1 Å². The Bertz CT molecular complexity index is 1160. The number of hydrogen-bond acceptors (Lipinski definition) is 9. The number of likely N-dealkylation sites (tertiary alicyclic amines) is 2. The number of aliphatic hydroxyl groups is 1. The quantitative estimate of drug-likeness (QED) is 0.215. The Labute approximate surface area is 254 Å². The molecule has 0 radical (unpaired) electrons. The summed E-state index contributed by atoms with van der Waals surface area (Å²) in [7, 11) is 0. The van der Waals surface area contributed by atoms with Crippen molar-refractivity contribution in [1.82, 2.24) is 40.8 Å². The summed E-state index contributed by atoms with van der Waals surface area (Å²) in [5, 5.41) is 28.3. The van der Waals surface area contributed by atoms with E-state index in [9.17, 15) is 14.4 Å². The monoisotopic (exact) mass is 706 g/mol. The summed E-state index contributed by atoms with van der Waals surface area (Å²) < 4.78 is 17.8. The van der Waals surface area contributed by atoms with E-state index in [4.69, 9.17) is 19.3 Å². The van der Waals surface area contributed by atoms with Crippen molar-refractivity contribution >= 4 is 49.9 Å². The largest absolute Gasteiger partial charge is 0.464 e. The summed E-state index contributed by atoms with van der Waals surface area (Å²) in [4.78, 5) is 38.3. The lowest BCUT2D eigenvalue weighted by Gasteiger charge is -2.48. The Kier molecular flexibility index (Phi) is 12.0. The summed E-state index contributed by atoms with van der Waals surface area (Å²) in [6, 6.07) is 3.33. The molecule has 0 unspecified atom stereocenters. The topological polar surface area (TPSA) is 187 Å². The number of aromatic nitrogens is 4. The molecule has 0 aromatic carbocycles. The van der Waals surface area contributed by atoms with Crippen LogP contribution in [-0.4, -0.2) is 119 Å². The van der Waals surface area contributed by atoms with Crippen LogP contribution in [0.2, 0.25) is 0 Å². The van der Waals surface area contributed by atoms with Gasteiger partial charge >= 0.3 is 18.0 Å². The fourth-order valence-electron chi connectivity index (χ4n) is 4.31. The van der Waals surface area contributed by atoms with Crippen molar-refractivity contribution in [3.63, 3.8) is 0 Å². The van der Waals surface area contributed by atoms with Crippen molar-refractivity contribution in [3.05, 3.63) is 32.7 Å². The molecule has 2 saturated heterocycles. The molecule has 2 aliphatic rings. The molecule has 2 aromatic rings. The Morgan fingerprint density at radius 1 is 0.902 bits per heavy atom. The van der Waals surface area contributed by atoms with E-state index in [2.05, 4.69) is 62.9 Å². The summed E-state index contributed by atoms with van der Waals surface area (Å²) in [6.07, 6.45) is 0. The smallest absolute Gasteiger partial charge is 0.332 e. The Morgan fingerprint density at radius 2 is 1.37 bits per heavy atom. The third-order valence-corrected chi connectivity index (χ3v) is 7.10. The Hall–Kier alpha value is -2.73. The van der Waals surface area contributed by atoms with Crippen LogP contribution in [0.5, 0.6) is 0 Å². The van der Waals surface area contributed by atoms with Crippen LogP contribution in [-0.2, 0) is 30.2 Å². The van der Waals surface area contributed by atoms with Gasteiger partial charge in [0.2, 0.25) is 0 Å². The number of esters is 1. The number of H-pyrrole nitrogens is 2. The molecule has 4 amide bonds. The van der Waals surface area contributed by atoms with Crippen LogP contribution in [0.25, 0.3) is 0 Å². The van der Waals surface area contributed by atoms with Gasteiger partial charge in [-0.15, -0.1) is 0 Å². The molecule has 228 valence electrons. The Morgan fingerprint density at radius 3 is 1.73 bits per heavy atom. The number of hydrogen-bond donors (Lipinski definition) is 5. The maximum Gasteiger partial charge on any atom is 0.332 e. The molecule has 2 fully saturated rings. The second-order valence-electron chi connectivity index (χ2n) is 9.24. The minimum absolute atomic E-state index is 0.0610. The van der Waals surface area contributed by atoms with Crippen molar-refractivity contribution in [1.29, 1.82) is 0 Å². The average Bonchev–Trinajstić information content (AvgIpc) is 3.52. The number of carbonyl (C=O) groups excluding carboxylic acids is 3. The van der Waals surface area contributed by atoms with Crippen LogP contribution in [0.15, 0.2) is 21.3 Å². The predicted octanol–water partition coefficient (Wildman–Crippen LogP) is 1.41. The predicted molar refractivity (Wildman–Crippen MR) is 153 cm³/mol. The fourth-order valence-corrected chi connectivity index (χ4v) is 4.92. The summed E-state index contributed by atoms with van der Waals surface area (Å²) in [5.74, 6) is -0.437. The van der Waals surface area contributed by atoms with Crippen molar-refractivity contribution in [3.8, 4) is 0 Å². The van der Waals surface area contributed by atoms with E-state index in [0.717, 1.165) is 10.3 Å². The highest BCUT2D eigenvalue weighted by atomic mass is 79.9. The van der Waals surface area contributed by atoms with Crippen molar-refractivity contribution < 1.29 is 33.7 Å². The first-order valence-corrected chi connectivity index (χ1v) is 14.7. The summed E-state index contributed by atoms with van der Waals surface area (Å²) in [5.41, 5.74) is -0.0472. The van der Waals surface area contributed by atoms with Gasteiger partial charge in [0.15, 0.2) is 0 Å². The molecule has 15 nitrogen and oxygen atoms in total. The molecule has 0 bridgehead atoms. The van der Waals surface area contributed by atoms with E-state index in [1.54, 1.807) is 22.8 Å². The molecular formula is C24H36Br2N8O7. The number of ether oxygens (including phenoxy) is 3. The van der Waals surface area contributed by atoms with Gasteiger partial charge in [-0.25, -0.2) is 14.4 Å². The van der Waals surface area contributed by atoms with Gasteiger partial charge in [0.05, 0.1) is 57.4 Å². The zero-order valence-electron chi connectivity index (χ0n) is 23.2. The molecule has 4 heterocycles. The van der Waals surface area contributed by atoms with E-state index < -0.39 is 17.2 Å². The van der Waals surface area contributed by atoms with Gasteiger partial charge in [0.25, 0.3) is 0 Å². The van der Waals surface area contributed by atoms with Crippen molar-refractivity contribution in [2.24, 2.45) is 0 Å². The standard InChI is InChI=1S/C13H19BrN4O4.C11H17BrN4O3/c1-3-15-12(20)18-7-13(8-18,9-5-10(14)17-16-9)22-6-11(19)21-4-2;1-2-13-10(18)16-6-11(7-16,19-4-3-17)8-5-9(12)15-14-8/h5H,3-4,6-8H2,1-2H3,(H,15,20)(H,16,17);5,17H,2-4,6-7H2,1H3,(H,13,18)(H,14,15). The van der Waals surface area contributed by atoms with Crippen LogP contribution >= 0.6 is 31.9 Å². The average molecular weight is 708 g/mol. The van der Waals surface area contributed by atoms with Crippen LogP contribution in [0.1, 0.15) is 32.2 Å². The van der Waals surface area contributed by atoms with Crippen LogP contribution in [0.3, 0.4) is 0 Å². The number of nitrogens with one attached hydrogen (secondary N) is 4. The van der Waals surface area contributed by atoms with Gasteiger partial charge in [0.1, 0.15) is 27.0 Å². The zero-order valence-corrected chi connectivity index (χ0v) is 26.3. The maximum absolute atomic E-state index is 11.8. The molecule has 0 atom stereocenters. The third-order valence-electron chi connectivity index (χ3n) is 6.28. The molecule has 0 aliphatic carbocycles. The second-order valence-corrected chi connectivity index (χ2v) is 10.9. The molecular weight excluding hydrogens is 672 g/mol. The SMILES string of the molecule is CCNC(=O)N1CC(OCC(=O)OCC)(c2cc(Br)[nH]n2)C1.CCNC(=O)N1CC(OCCO)(c2cc(Br)[nH]n2)C1. The van der Waals surface area contributed by atoms with Crippen molar-refractivity contribution in [2.45, 2.75) is 32.0 Å². The van der Waals surface area contributed by atoms with E-state index >= 15 is 0 Å². The van der Waals surface area contributed by atoms with Crippen molar-refractivity contribution in [2.75, 3.05) is 65.7 Å². The molecule has 4 rings (SSSR count). The molecule has 2 aliphatic heterocycles. The van der Waals surface area contributed by atoms with Gasteiger partial charge in [-0.3, -0.25) is 10.2 Å². The number of urea groups is 2. The first-order chi connectivity index (χ1) is 19.6. The number of aromatic amines is 2. The number of nitrogens with zero attached hydrogens (tertiary/aromatic N) is 4. The fraction of sp³-hybridized carbons (Fsp3) is 0.625. The lowest BCUT2D eigenvalue weighted by atomic mass is 9.90. The van der Waals surface area contributed by atoms with Gasteiger partial charge < -0.3 is 39.8 Å². The number of halogens is 2. The second kappa shape index (κ2) is 14.9. The highest BCUT2D eigenvalue weighted by Gasteiger charge is 2.50. The lowest BCUT2D eigenvalue weighted by molar-refractivity contribution is -0.171. The normalized spacial score (nSPS) is 16.5. The highest BCUT2D eigenvalue weighted by Crippen LogP contribution is 2.36. The maximum atomic E-state index is 11.8. The third kappa shape index (κ3) is 8.18. The van der Waals surface area contributed by atoms with Crippen LogP contribution in [0, 0.1) is 0 Å². The molecule has 41 heavy (non-hydrogen) atoms. The van der Waals surface area contributed by atoms with Crippen LogP contribution < -0.4 is 10.6 Å². The zero-order chi connectivity index (χ0) is 30.0. The molecule has 2 aromatic heterocycles. The molecule has 17 heteroatoms. The van der Waals surface area contributed by atoms with Gasteiger partial charge in [-0.1, -0.05) is 0 Å². The van der Waals surface area contributed by atoms with E-state index in [0.29, 0.717) is 56.2 Å². The van der Waals surface area contributed by atoms with Crippen LogP contribution in [0.4, 0.5) is 9.59 Å². The summed E-state index contributed by atoms with van der Waals surface area (Å²) >= 11 is 6.59. The number of aliphatic hydroxyl groups excluding tert-OH is 1. The van der Waals surface area contributed by atoms with E-state index in [1.807, 2.05) is 19.9 Å². The number of amides is 4. The number of rotatable bonds is 11.